The molecule has 3 aliphatic heterocycles. The molecule has 4 rings (SSSR count). The standard InChI is InChI=1S/C25H36N4O3/c1-19(2)22-18-23(32-26-22)25(31)29-12-10-20(11-13-29)8-9-24(30)28-16-14-27(15-17-28)21-6-4-3-5-7-21/h3-7,19-20,23H,8-18H2,1-2H3/t23-/m0/s1. The van der Waals surface area contributed by atoms with Crippen LogP contribution in [-0.2, 0) is 14.4 Å². The molecule has 2 saturated heterocycles. The van der Waals surface area contributed by atoms with Gasteiger partial charge >= 0.3 is 0 Å². The Kier molecular flexibility index (Phi) is 7.33. The Bertz CT molecular complexity index is 810. The molecule has 7 nitrogen and oxygen atoms in total. The molecule has 1 aromatic rings. The van der Waals surface area contributed by atoms with Crippen molar-refractivity contribution >= 4 is 23.2 Å². The van der Waals surface area contributed by atoms with Crippen molar-refractivity contribution in [3.8, 4) is 0 Å². The van der Waals surface area contributed by atoms with Crippen LogP contribution in [0.25, 0.3) is 0 Å². The average Bonchev–Trinajstić information content (AvgIpc) is 3.34. The van der Waals surface area contributed by atoms with Gasteiger partial charge in [0.2, 0.25) is 12.0 Å². The molecule has 32 heavy (non-hydrogen) atoms. The molecule has 174 valence electrons. The molecule has 3 heterocycles. The summed E-state index contributed by atoms with van der Waals surface area (Å²) in [5, 5.41) is 4.09. The van der Waals surface area contributed by atoms with Gasteiger partial charge in [0.25, 0.3) is 5.91 Å². The summed E-state index contributed by atoms with van der Waals surface area (Å²) in [5.74, 6) is 1.17. The maximum atomic E-state index is 12.7. The van der Waals surface area contributed by atoms with Gasteiger partial charge < -0.3 is 19.5 Å². The molecule has 0 bridgehead atoms. The number of nitrogens with zero attached hydrogens (tertiary/aromatic N) is 4. The van der Waals surface area contributed by atoms with Crippen LogP contribution in [0, 0.1) is 11.8 Å². The number of hydrogen-bond acceptors (Lipinski definition) is 5. The molecule has 3 aliphatic rings. The summed E-state index contributed by atoms with van der Waals surface area (Å²) in [6, 6.07) is 10.4. The molecule has 2 fully saturated rings. The Morgan fingerprint density at radius 2 is 1.69 bits per heavy atom. The lowest BCUT2D eigenvalue weighted by atomic mass is 9.91. The number of benzene rings is 1. The minimum atomic E-state index is -0.444. The lowest BCUT2D eigenvalue weighted by molar-refractivity contribution is -0.143. The fraction of sp³-hybridized carbons (Fsp3) is 0.640. The third-order valence-corrected chi connectivity index (χ3v) is 7.08. The van der Waals surface area contributed by atoms with E-state index in [0.717, 1.165) is 64.2 Å². The van der Waals surface area contributed by atoms with E-state index in [1.54, 1.807) is 0 Å². The molecule has 1 aromatic carbocycles. The van der Waals surface area contributed by atoms with Gasteiger partial charge in [0.15, 0.2) is 0 Å². The largest absolute Gasteiger partial charge is 0.382 e. The lowest BCUT2D eigenvalue weighted by Crippen LogP contribution is -2.49. The first-order chi connectivity index (χ1) is 15.5. The highest BCUT2D eigenvalue weighted by molar-refractivity contribution is 5.93. The minimum absolute atomic E-state index is 0.0650. The van der Waals surface area contributed by atoms with Crippen molar-refractivity contribution in [1.29, 1.82) is 0 Å². The predicted molar refractivity (Wildman–Crippen MR) is 126 cm³/mol. The lowest BCUT2D eigenvalue weighted by Gasteiger charge is -2.37. The number of anilines is 1. The Morgan fingerprint density at radius 1 is 1.00 bits per heavy atom. The number of carbonyl (C=O) groups excluding carboxylic acids is 2. The quantitative estimate of drug-likeness (QED) is 0.682. The molecule has 0 N–H and O–H groups in total. The van der Waals surface area contributed by atoms with E-state index in [0.29, 0.717) is 24.7 Å². The van der Waals surface area contributed by atoms with Gasteiger partial charge in [-0.1, -0.05) is 37.2 Å². The molecule has 1 atom stereocenters. The van der Waals surface area contributed by atoms with E-state index in [1.165, 1.54) is 5.69 Å². The van der Waals surface area contributed by atoms with Crippen molar-refractivity contribution in [2.75, 3.05) is 44.2 Å². The van der Waals surface area contributed by atoms with Gasteiger partial charge in [0.05, 0.1) is 5.71 Å². The fourth-order valence-electron chi connectivity index (χ4n) is 4.85. The number of amides is 2. The van der Waals surface area contributed by atoms with E-state index in [1.807, 2.05) is 15.9 Å². The highest BCUT2D eigenvalue weighted by Gasteiger charge is 2.34. The van der Waals surface area contributed by atoms with Gasteiger partial charge in [-0.15, -0.1) is 0 Å². The summed E-state index contributed by atoms with van der Waals surface area (Å²) in [6.45, 7) is 9.03. The minimum Gasteiger partial charge on any atom is -0.382 e. The third-order valence-electron chi connectivity index (χ3n) is 7.08. The molecule has 0 radical (unpaired) electrons. The number of piperidine rings is 1. The molecule has 7 heteroatoms. The SMILES string of the molecule is CC(C)C1=NO[C@H](C(=O)N2CCC(CCC(=O)N3CCN(c4ccccc4)CC3)CC2)C1. The number of piperazine rings is 1. The van der Waals surface area contributed by atoms with Crippen LogP contribution in [0.3, 0.4) is 0 Å². The Balaban J connectivity index is 1.14. The average molecular weight is 441 g/mol. The second-order valence-corrected chi connectivity index (χ2v) is 9.55. The van der Waals surface area contributed by atoms with Gasteiger partial charge in [-0.05, 0) is 43.2 Å². The Morgan fingerprint density at radius 3 is 2.31 bits per heavy atom. The van der Waals surface area contributed by atoms with Crippen LogP contribution in [0.5, 0.6) is 0 Å². The van der Waals surface area contributed by atoms with Crippen LogP contribution in [-0.4, -0.2) is 72.7 Å². The molecule has 0 saturated carbocycles. The van der Waals surface area contributed by atoms with Crippen LogP contribution < -0.4 is 4.90 Å². The second-order valence-electron chi connectivity index (χ2n) is 9.55. The van der Waals surface area contributed by atoms with E-state index in [2.05, 4.69) is 48.2 Å². The van der Waals surface area contributed by atoms with Crippen molar-refractivity contribution in [3.63, 3.8) is 0 Å². The number of para-hydroxylation sites is 1. The van der Waals surface area contributed by atoms with E-state index < -0.39 is 6.10 Å². The van der Waals surface area contributed by atoms with Crippen LogP contribution in [0.15, 0.2) is 35.5 Å². The Labute approximate surface area is 191 Å². The van der Waals surface area contributed by atoms with E-state index in [-0.39, 0.29) is 11.8 Å². The highest BCUT2D eigenvalue weighted by atomic mass is 16.6. The van der Waals surface area contributed by atoms with E-state index in [4.69, 9.17) is 4.84 Å². The summed E-state index contributed by atoms with van der Waals surface area (Å²) in [7, 11) is 0. The molecule has 2 amide bonds. The summed E-state index contributed by atoms with van der Waals surface area (Å²) in [6.07, 6.45) is 3.63. The molecule has 0 aliphatic carbocycles. The van der Waals surface area contributed by atoms with E-state index >= 15 is 0 Å². The zero-order valence-electron chi connectivity index (χ0n) is 19.4. The van der Waals surface area contributed by atoms with Crippen LogP contribution >= 0.6 is 0 Å². The highest BCUT2D eigenvalue weighted by Crippen LogP contribution is 2.25. The first-order valence-corrected chi connectivity index (χ1v) is 12.1. The monoisotopic (exact) mass is 440 g/mol. The normalized spacial score (nSPS) is 22.2. The summed E-state index contributed by atoms with van der Waals surface area (Å²) in [5.41, 5.74) is 2.21. The van der Waals surface area contributed by atoms with Crippen LogP contribution in [0.2, 0.25) is 0 Å². The van der Waals surface area contributed by atoms with Crippen molar-refractivity contribution in [1.82, 2.24) is 9.80 Å². The van der Waals surface area contributed by atoms with Gasteiger partial charge in [-0.25, -0.2) is 0 Å². The Hall–Kier alpha value is -2.57. The number of hydrogen-bond donors (Lipinski definition) is 0. The predicted octanol–water partition coefficient (Wildman–Crippen LogP) is 3.15. The second kappa shape index (κ2) is 10.4. The van der Waals surface area contributed by atoms with Gasteiger partial charge in [-0.3, -0.25) is 9.59 Å². The third kappa shape index (κ3) is 5.43. The zero-order valence-corrected chi connectivity index (χ0v) is 19.4. The molecular weight excluding hydrogens is 404 g/mol. The molecule has 0 aromatic heterocycles. The van der Waals surface area contributed by atoms with Crippen LogP contribution in [0.1, 0.15) is 46.0 Å². The zero-order chi connectivity index (χ0) is 22.5. The van der Waals surface area contributed by atoms with Crippen molar-refractivity contribution < 1.29 is 14.4 Å². The first kappa shape index (κ1) is 22.6. The number of likely N-dealkylation sites (tertiary alicyclic amines) is 1. The van der Waals surface area contributed by atoms with Crippen molar-refractivity contribution in [2.24, 2.45) is 17.0 Å². The number of rotatable bonds is 6. The maximum absolute atomic E-state index is 12.7. The maximum Gasteiger partial charge on any atom is 0.266 e. The first-order valence-electron chi connectivity index (χ1n) is 12.1. The molecular formula is C25H36N4O3. The smallest absolute Gasteiger partial charge is 0.266 e. The van der Waals surface area contributed by atoms with Gasteiger partial charge in [0.1, 0.15) is 0 Å². The molecule has 0 spiro atoms. The van der Waals surface area contributed by atoms with Crippen molar-refractivity contribution in [3.05, 3.63) is 30.3 Å². The van der Waals surface area contributed by atoms with E-state index in [9.17, 15) is 9.59 Å². The number of carbonyl (C=O) groups is 2. The summed E-state index contributed by atoms with van der Waals surface area (Å²) < 4.78 is 0. The van der Waals surface area contributed by atoms with Crippen LogP contribution in [0.4, 0.5) is 5.69 Å². The summed E-state index contributed by atoms with van der Waals surface area (Å²) >= 11 is 0. The topological polar surface area (TPSA) is 65.5 Å². The fourth-order valence-corrected chi connectivity index (χ4v) is 4.85. The van der Waals surface area contributed by atoms with Gasteiger partial charge in [-0.2, -0.15) is 0 Å². The summed E-state index contributed by atoms with van der Waals surface area (Å²) in [4.78, 5) is 37.1. The van der Waals surface area contributed by atoms with Crippen molar-refractivity contribution in [2.45, 2.75) is 52.1 Å². The van der Waals surface area contributed by atoms with Gasteiger partial charge in [0, 0.05) is 57.8 Å². The number of oxime groups is 1. The molecule has 0 unspecified atom stereocenters.